The van der Waals surface area contributed by atoms with Crippen LogP contribution in [0.2, 0.25) is 0 Å². The zero-order valence-corrected chi connectivity index (χ0v) is 19.7. The van der Waals surface area contributed by atoms with Gasteiger partial charge >= 0.3 is 12.2 Å². The maximum Gasteiger partial charge on any atom is 0.416 e. The number of alkyl halides is 3. The smallest absolute Gasteiger partial charge is 0.351 e. The molecule has 35 heavy (non-hydrogen) atoms. The van der Waals surface area contributed by atoms with Crippen LogP contribution in [0.1, 0.15) is 37.4 Å². The molecule has 10 heteroatoms. The van der Waals surface area contributed by atoms with Crippen LogP contribution in [-0.4, -0.2) is 53.3 Å². The van der Waals surface area contributed by atoms with Gasteiger partial charge in [0.1, 0.15) is 6.04 Å². The highest BCUT2D eigenvalue weighted by Crippen LogP contribution is 2.42. The molecule has 2 aliphatic rings. The topological polar surface area (TPSA) is 81.8 Å². The molecular weight excluding hydrogens is 461 g/mol. The van der Waals surface area contributed by atoms with Gasteiger partial charge in [-0.25, -0.2) is 4.79 Å². The third-order valence-electron chi connectivity index (χ3n) is 5.93. The fourth-order valence-electron chi connectivity index (χ4n) is 4.44. The van der Waals surface area contributed by atoms with Gasteiger partial charge in [-0.05, 0) is 24.0 Å². The number of carbonyl (C=O) groups excluding carboxylic acids is 3. The van der Waals surface area contributed by atoms with Crippen molar-refractivity contribution >= 4 is 17.8 Å². The molecule has 1 aromatic rings. The number of nitrogens with one attached hydrogen (secondary N) is 2. The third kappa shape index (κ3) is 5.26. The van der Waals surface area contributed by atoms with Crippen LogP contribution in [0.3, 0.4) is 0 Å². The van der Waals surface area contributed by atoms with E-state index in [0.29, 0.717) is 6.42 Å². The Morgan fingerprint density at radius 3 is 2.51 bits per heavy atom. The first kappa shape index (κ1) is 26.1. The molecule has 0 aliphatic carbocycles. The largest absolute Gasteiger partial charge is 0.416 e. The summed E-state index contributed by atoms with van der Waals surface area (Å²) in [7, 11) is 0. The van der Waals surface area contributed by atoms with E-state index in [2.05, 4.69) is 23.8 Å². The highest BCUT2D eigenvalue weighted by Gasteiger charge is 2.48. The van der Waals surface area contributed by atoms with Gasteiger partial charge in [0.25, 0.3) is 5.91 Å². The first-order chi connectivity index (χ1) is 16.5. The summed E-state index contributed by atoms with van der Waals surface area (Å²) in [6.07, 6.45) is -1.38. The monoisotopic (exact) mass is 490 g/mol. The molecule has 0 unspecified atom stereocenters. The summed E-state index contributed by atoms with van der Waals surface area (Å²) >= 11 is 0. The van der Waals surface area contributed by atoms with Crippen LogP contribution < -0.4 is 10.6 Å². The summed E-state index contributed by atoms with van der Waals surface area (Å²) in [4.78, 5) is 42.2. The first-order valence-corrected chi connectivity index (χ1v) is 11.3. The first-order valence-electron chi connectivity index (χ1n) is 11.3. The molecule has 2 N–H and O–H groups in total. The van der Waals surface area contributed by atoms with Crippen molar-refractivity contribution < 1.29 is 27.6 Å². The van der Waals surface area contributed by atoms with Crippen LogP contribution in [0, 0.1) is 5.92 Å². The molecule has 0 saturated heterocycles. The lowest BCUT2D eigenvalue weighted by atomic mass is 9.91. The van der Waals surface area contributed by atoms with E-state index in [9.17, 15) is 27.6 Å². The number of hydrogen-bond donors (Lipinski definition) is 2. The van der Waals surface area contributed by atoms with Gasteiger partial charge in [0.15, 0.2) is 0 Å². The second-order valence-electron chi connectivity index (χ2n) is 8.84. The van der Waals surface area contributed by atoms with E-state index in [1.807, 2.05) is 13.8 Å². The van der Waals surface area contributed by atoms with E-state index in [1.54, 1.807) is 0 Å². The Morgan fingerprint density at radius 2 is 1.91 bits per heavy atom. The van der Waals surface area contributed by atoms with Crippen molar-refractivity contribution in [2.45, 2.75) is 38.5 Å². The molecule has 0 bridgehead atoms. The molecule has 0 aromatic heterocycles. The van der Waals surface area contributed by atoms with Crippen molar-refractivity contribution in [1.29, 1.82) is 0 Å². The van der Waals surface area contributed by atoms with E-state index in [-0.39, 0.29) is 42.4 Å². The van der Waals surface area contributed by atoms with Crippen LogP contribution >= 0.6 is 0 Å². The summed E-state index contributed by atoms with van der Waals surface area (Å²) in [5, 5.41) is 5.27. The predicted molar refractivity (Wildman–Crippen MR) is 125 cm³/mol. The molecule has 2 atom stereocenters. The van der Waals surface area contributed by atoms with Crippen LogP contribution in [0.15, 0.2) is 60.8 Å². The van der Waals surface area contributed by atoms with Gasteiger partial charge in [-0.1, -0.05) is 44.2 Å². The molecule has 3 rings (SSSR count). The van der Waals surface area contributed by atoms with E-state index in [1.165, 1.54) is 40.2 Å². The minimum absolute atomic E-state index is 0.0217. The number of nitrogens with zero attached hydrogens (tertiary/aromatic N) is 2. The summed E-state index contributed by atoms with van der Waals surface area (Å²) in [5.41, 5.74) is -0.881. The number of amides is 4. The second kappa shape index (κ2) is 10.4. The van der Waals surface area contributed by atoms with Gasteiger partial charge in [-0.15, -0.1) is 13.2 Å². The number of urea groups is 1. The Morgan fingerprint density at radius 1 is 1.23 bits per heavy atom. The number of benzene rings is 1. The normalized spacial score (nSPS) is 19.0. The predicted octanol–water partition coefficient (Wildman–Crippen LogP) is 3.77. The van der Waals surface area contributed by atoms with Gasteiger partial charge in [0.05, 0.1) is 29.4 Å². The van der Waals surface area contributed by atoms with E-state index in [4.69, 9.17) is 0 Å². The molecule has 1 aromatic carbocycles. The van der Waals surface area contributed by atoms with E-state index >= 15 is 0 Å². The van der Waals surface area contributed by atoms with Crippen molar-refractivity contribution in [1.82, 2.24) is 20.4 Å². The van der Waals surface area contributed by atoms with Gasteiger partial charge in [-0.2, -0.15) is 13.2 Å². The van der Waals surface area contributed by atoms with Crippen LogP contribution in [0.25, 0.3) is 0 Å². The third-order valence-corrected chi connectivity index (χ3v) is 5.93. The van der Waals surface area contributed by atoms with Crippen LogP contribution in [-0.2, 0) is 15.8 Å². The highest BCUT2D eigenvalue weighted by molar-refractivity contribution is 6.03. The summed E-state index contributed by atoms with van der Waals surface area (Å²) in [6.45, 7) is 11.2. The minimum atomic E-state index is -4.69. The maximum absolute atomic E-state index is 13.8. The average molecular weight is 491 g/mol. The lowest BCUT2D eigenvalue weighted by Crippen LogP contribution is -2.49. The molecule has 0 saturated carbocycles. The van der Waals surface area contributed by atoms with Crippen molar-refractivity contribution in [3.05, 3.63) is 72.0 Å². The molecule has 7 nitrogen and oxygen atoms in total. The molecule has 0 fully saturated rings. The van der Waals surface area contributed by atoms with Crippen LogP contribution in [0.5, 0.6) is 0 Å². The average Bonchev–Trinajstić information content (AvgIpc) is 3.13. The summed E-state index contributed by atoms with van der Waals surface area (Å²) < 4.78 is 41.4. The molecular formula is C25H29F3N4O3. The van der Waals surface area contributed by atoms with Crippen molar-refractivity contribution in [3.63, 3.8) is 0 Å². The number of carbonyl (C=O) groups is 3. The molecule has 0 radical (unpaired) electrons. The Kier molecular flexibility index (Phi) is 7.72. The number of halogens is 3. The molecule has 2 heterocycles. The van der Waals surface area contributed by atoms with Crippen molar-refractivity contribution in [2.24, 2.45) is 5.92 Å². The van der Waals surface area contributed by atoms with E-state index in [0.717, 1.165) is 6.07 Å². The van der Waals surface area contributed by atoms with E-state index < -0.39 is 41.7 Å². The number of hydrogen-bond acceptors (Lipinski definition) is 3. The number of rotatable bonds is 9. The summed E-state index contributed by atoms with van der Waals surface area (Å²) in [5.74, 6) is -0.935. The SMILES string of the molecule is C=CCNC(=O)[C@@H](CC(C)C)N1CC2=C(C1=O)[C@@H](c1ccccc1C(F)(F)F)NC(=O)N2CC=C. The van der Waals surface area contributed by atoms with Gasteiger partial charge < -0.3 is 15.5 Å². The Labute approximate surface area is 202 Å². The standard InChI is InChI=1S/C25H29F3N4O3/c1-5-11-29-22(33)18(13-15(3)4)32-14-19-20(23(32)34)21(30-24(35)31(19)12-6-2)16-9-7-8-10-17(16)25(26,27)28/h5-10,15,18,21H,1-2,11-14H2,3-4H3,(H,29,33)(H,30,35)/t18-,21-/m1/s1. The van der Waals surface area contributed by atoms with Gasteiger partial charge in [0, 0.05) is 13.1 Å². The van der Waals surface area contributed by atoms with Gasteiger partial charge in [0.2, 0.25) is 5.91 Å². The zero-order valence-electron chi connectivity index (χ0n) is 19.7. The van der Waals surface area contributed by atoms with Crippen molar-refractivity contribution in [3.8, 4) is 0 Å². The lowest BCUT2D eigenvalue weighted by molar-refractivity contribution is -0.139. The molecule has 2 aliphatic heterocycles. The highest BCUT2D eigenvalue weighted by atomic mass is 19.4. The summed E-state index contributed by atoms with van der Waals surface area (Å²) in [6, 6.07) is 2.02. The maximum atomic E-state index is 13.8. The quantitative estimate of drug-likeness (QED) is 0.517. The fraction of sp³-hybridized carbons (Fsp3) is 0.400. The van der Waals surface area contributed by atoms with Crippen LogP contribution in [0.4, 0.5) is 18.0 Å². The Balaban J connectivity index is 2.10. The second-order valence-corrected chi connectivity index (χ2v) is 8.84. The molecule has 4 amide bonds. The van der Waals surface area contributed by atoms with Crippen molar-refractivity contribution in [2.75, 3.05) is 19.6 Å². The van der Waals surface area contributed by atoms with Gasteiger partial charge in [-0.3, -0.25) is 14.5 Å². The zero-order chi connectivity index (χ0) is 25.9. The molecule has 0 spiro atoms. The fourth-order valence-corrected chi connectivity index (χ4v) is 4.44. The minimum Gasteiger partial charge on any atom is -0.351 e. The Hall–Kier alpha value is -3.56. The molecule has 188 valence electrons. The Bertz CT molecular complexity index is 1060. The lowest BCUT2D eigenvalue weighted by Gasteiger charge is -2.33.